The Morgan fingerprint density at radius 3 is 2.94 bits per heavy atom. The monoisotopic (exact) mass is 516 g/mol. The fraction of sp³-hybridized carbons (Fsp3) is 0.304. The third-order valence-corrected chi connectivity index (χ3v) is 10.3. The van der Waals surface area contributed by atoms with Crippen LogP contribution in [0.25, 0.3) is 21.6 Å². The molecule has 34 heavy (non-hydrogen) atoms. The Balaban J connectivity index is 1.40. The van der Waals surface area contributed by atoms with Crippen molar-refractivity contribution in [2.75, 3.05) is 24.4 Å². The van der Waals surface area contributed by atoms with E-state index in [9.17, 15) is 18.3 Å². The molecule has 3 aromatic heterocycles. The standard InChI is InChI=1S/C23H24N4O4S3/c1-26(34(30,31)20-8-4-10-32-20)19-7-2-5-15-11-18(25-21(15)19)22-24-12-17(33-22)14-27-9-3-6-16(13-27)23(28)29/h2,4-5,7-8,10-12,16,25H,3,6,9,13-14H2,1H3,(H,28,29). The Morgan fingerprint density at radius 2 is 2.18 bits per heavy atom. The highest BCUT2D eigenvalue weighted by molar-refractivity contribution is 7.94. The van der Waals surface area contributed by atoms with Gasteiger partial charge in [-0.2, -0.15) is 0 Å². The molecule has 1 fully saturated rings. The lowest BCUT2D eigenvalue weighted by atomic mass is 9.98. The summed E-state index contributed by atoms with van der Waals surface area (Å²) in [5, 5.41) is 12.8. The Morgan fingerprint density at radius 1 is 1.32 bits per heavy atom. The summed E-state index contributed by atoms with van der Waals surface area (Å²) < 4.78 is 27.7. The number of para-hydroxylation sites is 1. The lowest BCUT2D eigenvalue weighted by Gasteiger charge is -2.29. The average molecular weight is 517 g/mol. The number of benzene rings is 1. The van der Waals surface area contributed by atoms with Crippen molar-refractivity contribution in [3.63, 3.8) is 0 Å². The lowest BCUT2D eigenvalue weighted by molar-refractivity contribution is -0.143. The number of thiophene rings is 1. The van der Waals surface area contributed by atoms with Gasteiger partial charge in [-0.15, -0.1) is 22.7 Å². The number of rotatable bonds is 7. The van der Waals surface area contributed by atoms with E-state index in [0.29, 0.717) is 23.0 Å². The third kappa shape index (κ3) is 4.36. The van der Waals surface area contributed by atoms with Gasteiger partial charge in [0, 0.05) is 36.6 Å². The molecule has 11 heteroatoms. The number of carboxylic acid groups (broad SMARTS) is 1. The number of carboxylic acids is 1. The van der Waals surface area contributed by atoms with Gasteiger partial charge < -0.3 is 10.1 Å². The summed E-state index contributed by atoms with van der Waals surface area (Å²) in [6.07, 6.45) is 3.45. The Bertz CT molecular complexity index is 1430. The van der Waals surface area contributed by atoms with Gasteiger partial charge in [0.25, 0.3) is 10.0 Å². The van der Waals surface area contributed by atoms with Crippen LogP contribution in [0, 0.1) is 5.92 Å². The number of nitrogens with one attached hydrogen (secondary N) is 1. The average Bonchev–Trinajstić information content (AvgIpc) is 3.58. The molecule has 0 spiro atoms. The van der Waals surface area contributed by atoms with Crippen LogP contribution in [-0.4, -0.2) is 54.5 Å². The van der Waals surface area contributed by atoms with Crippen LogP contribution in [0.3, 0.4) is 0 Å². The molecule has 5 rings (SSSR count). The quantitative estimate of drug-likeness (QED) is 0.375. The summed E-state index contributed by atoms with van der Waals surface area (Å²) in [6.45, 7) is 2.12. The first-order valence-electron chi connectivity index (χ1n) is 10.9. The van der Waals surface area contributed by atoms with E-state index in [-0.39, 0.29) is 5.92 Å². The van der Waals surface area contributed by atoms with Gasteiger partial charge in [0.1, 0.15) is 9.22 Å². The zero-order chi connectivity index (χ0) is 23.9. The molecule has 1 unspecified atom stereocenters. The van der Waals surface area contributed by atoms with Crippen molar-refractivity contribution in [3.05, 3.63) is 52.9 Å². The second kappa shape index (κ2) is 9.14. The van der Waals surface area contributed by atoms with Gasteiger partial charge in [0.2, 0.25) is 0 Å². The second-order valence-electron chi connectivity index (χ2n) is 8.37. The van der Waals surface area contributed by atoms with Crippen LogP contribution in [0.4, 0.5) is 5.69 Å². The highest BCUT2D eigenvalue weighted by Crippen LogP contribution is 2.35. The minimum atomic E-state index is -3.65. The summed E-state index contributed by atoms with van der Waals surface area (Å²) in [5.74, 6) is -1.04. The third-order valence-electron chi connectivity index (χ3n) is 6.10. The fourth-order valence-electron chi connectivity index (χ4n) is 4.32. The van der Waals surface area contributed by atoms with E-state index in [1.54, 1.807) is 42.0 Å². The molecule has 1 saturated heterocycles. The SMILES string of the molecule is CN(c1cccc2cc(-c3ncc(CN4CCCC(C(=O)O)C4)s3)[nH]c12)S(=O)(=O)c1cccs1. The maximum atomic E-state index is 13.0. The van der Waals surface area contributed by atoms with Crippen LogP contribution < -0.4 is 4.31 Å². The number of piperidine rings is 1. The summed E-state index contributed by atoms with van der Waals surface area (Å²) >= 11 is 2.75. The molecule has 0 bridgehead atoms. The van der Waals surface area contributed by atoms with Crippen molar-refractivity contribution in [2.45, 2.75) is 23.6 Å². The molecule has 8 nitrogen and oxygen atoms in total. The minimum absolute atomic E-state index is 0.297. The van der Waals surface area contributed by atoms with Crippen LogP contribution in [0.15, 0.2) is 52.2 Å². The topological polar surface area (TPSA) is 107 Å². The molecule has 1 aromatic carbocycles. The first-order valence-corrected chi connectivity index (χ1v) is 14.0. The van der Waals surface area contributed by atoms with Gasteiger partial charge >= 0.3 is 5.97 Å². The van der Waals surface area contributed by atoms with Crippen molar-refractivity contribution in [2.24, 2.45) is 5.92 Å². The van der Waals surface area contributed by atoms with Gasteiger partial charge in [-0.3, -0.25) is 14.0 Å². The van der Waals surface area contributed by atoms with E-state index >= 15 is 0 Å². The highest BCUT2D eigenvalue weighted by atomic mass is 32.2. The van der Waals surface area contributed by atoms with Gasteiger partial charge in [-0.25, -0.2) is 13.4 Å². The van der Waals surface area contributed by atoms with Crippen LogP contribution in [-0.2, 0) is 21.4 Å². The number of fused-ring (bicyclic) bond motifs is 1. The van der Waals surface area contributed by atoms with Crippen molar-refractivity contribution < 1.29 is 18.3 Å². The molecule has 0 amide bonds. The van der Waals surface area contributed by atoms with E-state index in [1.807, 2.05) is 24.4 Å². The number of aromatic nitrogens is 2. The molecular formula is C23H24N4O4S3. The molecule has 4 heterocycles. The summed E-state index contributed by atoms with van der Waals surface area (Å²) in [5.41, 5.74) is 2.13. The predicted octanol–water partition coefficient (Wildman–Crippen LogP) is 4.47. The van der Waals surface area contributed by atoms with E-state index in [1.165, 1.54) is 15.6 Å². The molecule has 178 valence electrons. The first kappa shape index (κ1) is 23.0. The maximum absolute atomic E-state index is 13.0. The van der Waals surface area contributed by atoms with Gasteiger partial charge in [0.05, 0.1) is 22.8 Å². The van der Waals surface area contributed by atoms with Crippen LogP contribution >= 0.6 is 22.7 Å². The number of hydrogen-bond acceptors (Lipinski definition) is 7. The smallest absolute Gasteiger partial charge is 0.307 e. The van der Waals surface area contributed by atoms with Gasteiger partial charge in [0.15, 0.2) is 0 Å². The first-order chi connectivity index (χ1) is 16.3. The minimum Gasteiger partial charge on any atom is -0.481 e. The Kier molecular flexibility index (Phi) is 6.19. The molecular weight excluding hydrogens is 492 g/mol. The fourth-order valence-corrected chi connectivity index (χ4v) is 7.61. The molecule has 1 aliphatic rings. The number of likely N-dealkylation sites (tertiary alicyclic amines) is 1. The number of hydrogen-bond donors (Lipinski definition) is 2. The van der Waals surface area contributed by atoms with Crippen molar-refractivity contribution in [1.29, 1.82) is 0 Å². The van der Waals surface area contributed by atoms with Crippen LogP contribution in [0.5, 0.6) is 0 Å². The lowest BCUT2D eigenvalue weighted by Crippen LogP contribution is -2.37. The van der Waals surface area contributed by atoms with Crippen molar-refractivity contribution >= 4 is 55.3 Å². The number of nitrogens with zero attached hydrogens (tertiary/aromatic N) is 3. The molecule has 1 aliphatic heterocycles. The largest absolute Gasteiger partial charge is 0.481 e. The van der Waals surface area contributed by atoms with Crippen LogP contribution in [0.1, 0.15) is 17.7 Å². The number of H-pyrrole nitrogens is 1. The van der Waals surface area contributed by atoms with Gasteiger partial charge in [-0.1, -0.05) is 18.2 Å². The zero-order valence-corrected chi connectivity index (χ0v) is 20.9. The summed E-state index contributed by atoms with van der Waals surface area (Å²) in [7, 11) is -2.08. The van der Waals surface area contributed by atoms with Crippen LogP contribution in [0.2, 0.25) is 0 Å². The summed E-state index contributed by atoms with van der Waals surface area (Å²) in [6, 6.07) is 10.9. The van der Waals surface area contributed by atoms with E-state index in [0.717, 1.165) is 45.9 Å². The number of aromatic amines is 1. The number of carbonyl (C=O) groups is 1. The number of thiazole rings is 1. The van der Waals surface area contributed by atoms with E-state index in [2.05, 4.69) is 14.9 Å². The van der Waals surface area contributed by atoms with Gasteiger partial charge in [-0.05, 0) is 43.0 Å². The molecule has 0 saturated carbocycles. The molecule has 4 aromatic rings. The van der Waals surface area contributed by atoms with E-state index < -0.39 is 16.0 Å². The Labute approximate surface area is 205 Å². The number of anilines is 1. The second-order valence-corrected chi connectivity index (χ2v) is 12.6. The number of sulfonamides is 1. The molecule has 1 atom stereocenters. The molecule has 0 radical (unpaired) electrons. The predicted molar refractivity (Wildman–Crippen MR) is 135 cm³/mol. The normalized spacial score (nSPS) is 17.3. The highest BCUT2D eigenvalue weighted by Gasteiger charge is 2.26. The molecule has 0 aliphatic carbocycles. The number of aliphatic carboxylic acids is 1. The van der Waals surface area contributed by atoms with Crippen molar-refractivity contribution in [1.82, 2.24) is 14.9 Å². The maximum Gasteiger partial charge on any atom is 0.307 e. The Hall–Kier alpha value is -2.73. The summed E-state index contributed by atoms with van der Waals surface area (Å²) in [4.78, 5) is 22.5. The molecule has 2 N–H and O–H groups in total. The van der Waals surface area contributed by atoms with E-state index in [4.69, 9.17) is 0 Å². The zero-order valence-electron chi connectivity index (χ0n) is 18.5. The van der Waals surface area contributed by atoms with Crippen molar-refractivity contribution in [3.8, 4) is 10.7 Å².